The highest BCUT2D eigenvalue weighted by atomic mass is 32.2. The summed E-state index contributed by atoms with van der Waals surface area (Å²) in [5.74, 6) is 0. The van der Waals surface area contributed by atoms with E-state index in [9.17, 15) is 16.8 Å². The van der Waals surface area contributed by atoms with Gasteiger partial charge >= 0.3 is 0 Å². The lowest BCUT2D eigenvalue weighted by molar-refractivity contribution is 0.574. The van der Waals surface area contributed by atoms with E-state index in [1.807, 2.05) is 0 Å². The number of hydrogen-bond acceptors (Lipinski definition) is 6. The number of nitrogens with one attached hydrogen (secondary N) is 2. The molecule has 0 fully saturated rings. The first-order valence-electron chi connectivity index (χ1n) is 4.96. The van der Waals surface area contributed by atoms with Crippen molar-refractivity contribution in [2.24, 2.45) is 5.73 Å². The van der Waals surface area contributed by atoms with Crippen LogP contribution in [0.5, 0.6) is 0 Å². The maximum Gasteiger partial charge on any atom is 0.250 e. The Morgan fingerprint density at radius 2 is 1.84 bits per heavy atom. The zero-order chi connectivity index (χ0) is 14.7. The smallest absolute Gasteiger partial charge is 0.250 e. The van der Waals surface area contributed by atoms with Crippen molar-refractivity contribution in [2.75, 3.05) is 19.3 Å². The van der Waals surface area contributed by atoms with Crippen LogP contribution in [0.3, 0.4) is 0 Å². The molecule has 0 bridgehead atoms. The van der Waals surface area contributed by atoms with E-state index in [-0.39, 0.29) is 22.3 Å². The lowest BCUT2D eigenvalue weighted by atomic mass is 10.5. The third-order valence-electron chi connectivity index (χ3n) is 1.87. The maximum atomic E-state index is 11.8. The summed E-state index contributed by atoms with van der Waals surface area (Å²) >= 11 is 5.70. The van der Waals surface area contributed by atoms with E-state index in [0.717, 1.165) is 17.6 Å². The van der Waals surface area contributed by atoms with E-state index in [0.29, 0.717) is 4.88 Å². The Balaban J connectivity index is 2.63. The Morgan fingerprint density at radius 1 is 1.26 bits per heavy atom. The quantitative estimate of drug-likeness (QED) is 0.441. The van der Waals surface area contributed by atoms with Gasteiger partial charge in [0.05, 0.1) is 11.1 Å². The predicted octanol–water partition coefficient (Wildman–Crippen LogP) is -0.790. The fourth-order valence-electron chi connectivity index (χ4n) is 1.09. The second-order valence-electron chi connectivity index (χ2n) is 3.55. The summed E-state index contributed by atoms with van der Waals surface area (Å²) < 4.78 is 49.8. The third kappa shape index (κ3) is 5.50. The van der Waals surface area contributed by atoms with E-state index in [2.05, 4.69) is 9.44 Å². The molecule has 1 rings (SSSR count). The lowest BCUT2D eigenvalue weighted by Crippen LogP contribution is -2.33. The zero-order valence-corrected chi connectivity index (χ0v) is 13.2. The number of rotatable bonds is 7. The Labute approximate surface area is 121 Å². The standard InChI is InChI=1S/C8H13N3O4S4/c1-18(12,13)10-4-5-11-19(14,15)7-3-2-6(17-7)8(9)16/h2-3,10-11H,4-5H2,1H3,(H2,9,16). The first-order chi connectivity index (χ1) is 8.62. The van der Waals surface area contributed by atoms with E-state index in [4.69, 9.17) is 18.0 Å². The van der Waals surface area contributed by atoms with Gasteiger partial charge in [-0.05, 0) is 12.1 Å². The van der Waals surface area contributed by atoms with Crippen LogP contribution >= 0.6 is 23.6 Å². The molecule has 0 aliphatic heterocycles. The Kier molecular flexibility index (Phi) is 5.41. The molecule has 1 aromatic heterocycles. The molecule has 19 heavy (non-hydrogen) atoms. The van der Waals surface area contributed by atoms with Crippen molar-refractivity contribution in [3.8, 4) is 0 Å². The molecule has 4 N–H and O–H groups in total. The van der Waals surface area contributed by atoms with Crippen molar-refractivity contribution < 1.29 is 16.8 Å². The van der Waals surface area contributed by atoms with Gasteiger partial charge in [0.15, 0.2) is 0 Å². The topological polar surface area (TPSA) is 118 Å². The van der Waals surface area contributed by atoms with Crippen molar-refractivity contribution in [2.45, 2.75) is 4.21 Å². The lowest BCUT2D eigenvalue weighted by Gasteiger charge is -2.05. The predicted molar refractivity (Wildman–Crippen MR) is 78.2 cm³/mol. The minimum Gasteiger partial charge on any atom is -0.389 e. The van der Waals surface area contributed by atoms with Crippen LogP contribution in [0.2, 0.25) is 0 Å². The summed E-state index contributed by atoms with van der Waals surface area (Å²) in [6.45, 7) is -0.0682. The largest absolute Gasteiger partial charge is 0.389 e. The summed E-state index contributed by atoms with van der Waals surface area (Å²) in [6.07, 6.45) is 0.995. The van der Waals surface area contributed by atoms with Gasteiger partial charge in [-0.2, -0.15) is 0 Å². The first kappa shape index (κ1) is 16.5. The molecule has 108 valence electrons. The number of hydrogen-bond donors (Lipinski definition) is 3. The molecule has 0 spiro atoms. The molecule has 0 aromatic carbocycles. The molecule has 0 unspecified atom stereocenters. The molecule has 1 heterocycles. The average molecular weight is 343 g/mol. The van der Waals surface area contributed by atoms with E-state index >= 15 is 0 Å². The van der Waals surface area contributed by atoms with Crippen LogP contribution < -0.4 is 15.2 Å². The van der Waals surface area contributed by atoms with Gasteiger partial charge in [0.25, 0.3) is 0 Å². The van der Waals surface area contributed by atoms with Gasteiger partial charge < -0.3 is 5.73 Å². The molecule has 0 aliphatic carbocycles. The normalized spacial score (nSPS) is 12.5. The fourth-order valence-corrected chi connectivity index (χ4v) is 3.99. The summed E-state index contributed by atoms with van der Waals surface area (Å²) in [5.41, 5.74) is 5.39. The first-order valence-corrected chi connectivity index (χ1v) is 9.56. The van der Waals surface area contributed by atoms with Gasteiger partial charge in [0.2, 0.25) is 20.0 Å². The van der Waals surface area contributed by atoms with Crippen molar-refractivity contribution >= 4 is 48.6 Å². The van der Waals surface area contributed by atoms with Crippen LogP contribution in [0.15, 0.2) is 16.3 Å². The molecule has 7 nitrogen and oxygen atoms in total. The van der Waals surface area contributed by atoms with Crippen LogP contribution in [-0.2, 0) is 20.0 Å². The summed E-state index contributed by atoms with van der Waals surface area (Å²) in [7, 11) is -7.00. The van der Waals surface area contributed by atoms with Crippen molar-refractivity contribution in [1.29, 1.82) is 0 Å². The molecule has 0 saturated carbocycles. The van der Waals surface area contributed by atoms with E-state index in [1.165, 1.54) is 12.1 Å². The van der Waals surface area contributed by atoms with Crippen LogP contribution in [0.25, 0.3) is 0 Å². The maximum absolute atomic E-state index is 11.8. The molecular formula is C8H13N3O4S4. The zero-order valence-electron chi connectivity index (χ0n) is 9.91. The van der Waals surface area contributed by atoms with Crippen LogP contribution in [0.1, 0.15) is 4.88 Å². The van der Waals surface area contributed by atoms with E-state index < -0.39 is 20.0 Å². The molecule has 0 radical (unpaired) electrons. The number of thiocarbonyl (C=S) groups is 1. The molecule has 1 aromatic rings. The molecule has 11 heteroatoms. The van der Waals surface area contributed by atoms with Gasteiger partial charge in [-0.3, -0.25) is 0 Å². The van der Waals surface area contributed by atoms with E-state index in [1.54, 1.807) is 0 Å². The van der Waals surface area contributed by atoms with Gasteiger partial charge in [-0.1, -0.05) is 12.2 Å². The molecular weight excluding hydrogens is 330 g/mol. The highest BCUT2D eigenvalue weighted by molar-refractivity contribution is 7.91. The van der Waals surface area contributed by atoms with Crippen molar-refractivity contribution in [3.05, 3.63) is 17.0 Å². The van der Waals surface area contributed by atoms with Gasteiger partial charge in [-0.15, -0.1) is 11.3 Å². The highest BCUT2D eigenvalue weighted by Crippen LogP contribution is 2.20. The number of thiophene rings is 1. The average Bonchev–Trinajstić information content (AvgIpc) is 2.73. The fraction of sp³-hybridized carbons (Fsp3) is 0.375. The molecule has 0 saturated heterocycles. The Morgan fingerprint density at radius 3 is 2.32 bits per heavy atom. The minimum atomic E-state index is -3.67. The molecule has 0 amide bonds. The van der Waals surface area contributed by atoms with Crippen molar-refractivity contribution in [1.82, 2.24) is 9.44 Å². The Hall–Kier alpha value is -0.590. The second-order valence-corrected chi connectivity index (χ2v) is 8.90. The van der Waals surface area contributed by atoms with Gasteiger partial charge in [0.1, 0.15) is 9.20 Å². The van der Waals surface area contributed by atoms with Gasteiger partial charge in [-0.25, -0.2) is 26.3 Å². The SMILES string of the molecule is CS(=O)(=O)NCCNS(=O)(=O)c1ccc(C(N)=S)s1. The van der Waals surface area contributed by atoms with Crippen molar-refractivity contribution in [3.63, 3.8) is 0 Å². The third-order valence-corrected chi connectivity index (χ3v) is 6.02. The molecule has 0 atom stereocenters. The van der Waals surface area contributed by atoms with Crippen LogP contribution in [0, 0.1) is 0 Å². The molecule has 0 aliphatic rings. The minimum absolute atomic E-state index is 0.0222. The number of sulfonamides is 2. The highest BCUT2D eigenvalue weighted by Gasteiger charge is 2.17. The monoisotopic (exact) mass is 343 g/mol. The van der Waals surface area contributed by atoms with Gasteiger partial charge in [0, 0.05) is 13.1 Å². The number of nitrogens with two attached hydrogens (primary N) is 1. The van der Waals surface area contributed by atoms with Crippen LogP contribution in [-0.4, -0.2) is 41.2 Å². The van der Waals surface area contributed by atoms with Crippen LogP contribution in [0.4, 0.5) is 0 Å². The summed E-state index contributed by atoms with van der Waals surface area (Å²) in [6, 6.07) is 2.92. The Bertz CT molecular complexity index is 662. The summed E-state index contributed by atoms with van der Waals surface area (Å²) in [5, 5.41) is 0. The summed E-state index contributed by atoms with van der Waals surface area (Å²) in [4.78, 5) is 0.634. The second kappa shape index (κ2) is 6.24.